The highest BCUT2D eigenvalue weighted by atomic mass is 16.5. The molecule has 0 bridgehead atoms. The van der Waals surface area contributed by atoms with Gasteiger partial charge in [-0.1, -0.05) is 0 Å². The molecule has 0 atom stereocenters. The van der Waals surface area contributed by atoms with Crippen LogP contribution in [-0.2, 0) is 11.2 Å². The number of hydrogen-bond acceptors (Lipinski definition) is 9. The highest BCUT2D eigenvalue weighted by molar-refractivity contribution is 6.00. The van der Waals surface area contributed by atoms with E-state index in [2.05, 4.69) is 25.2 Å². The van der Waals surface area contributed by atoms with Crippen LogP contribution in [-0.4, -0.2) is 67.2 Å². The van der Waals surface area contributed by atoms with Crippen molar-refractivity contribution in [3.05, 3.63) is 60.2 Å². The molecular formula is C24H28N6O3. The zero-order valence-corrected chi connectivity index (χ0v) is 18.7. The van der Waals surface area contributed by atoms with E-state index in [4.69, 9.17) is 15.2 Å². The van der Waals surface area contributed by atoms with Gasteiger partial charge in [0.25, 0.3) is 0 Å². The van der Waals surface area contributed by atoms with E-state index >= 15 is 0 Å². The Hall–Kier alpha value is -3.56. The van der Waals surface area contributed by atoms with E-state index in [1.54, 1.807) is 18.6 Å². The fraction of sp³-hybridized carbons (Fsp3) is 0.333. The fourth-order valence-electron chi connectivity index (χ4n) is 3.66. The lowest BCUT2D eigenvalue weighted by Gasteiger charge is -2.30. The SMILES string of the molecule is CNCCOc1ccc(-c2cnc(N)c(C(=O)Cc3cnccc3N3CCOCC3)n2)cc1. The van der Waals surface area contributed by atoms with Gasteiger partial charge in [-0.05, 0) is 37.4 Å². The molecule has 3 aromatic rings. The summed E-state index contributed by atoms with van der Waals surface area (Å²) in [7, 11) is 1.88. The fourth-order valence-corrected chi connectivity index (χ4v) is 3.66. The van der Waals surface area contributed by atoms with Crippen LogP contribution in [0.2, 0.25) is 0 Å². The number of benzene rings is 1. The Labute approximate surface area is 193 Å². The minimum Gasteiger partial charge on any atom is -0.492 e. The van der Waals surface area contributed by atoms with Crippen molar-refractivity contribution in [2.75, 3.05) is 57.1 Å². The molecule has 1 saturated heterocycles. The number of rotatable bonds is 9. The van der Waals surface area contributed by atoms with Gasteiger partial charge < -0.3 is 25.4 Å². The van der Waals surface area contributed by atoms with Gasteiger partial charge in [0.1, 0.15) is 18.1 Å². The van der Waals surface area contributed by atoms with Gasteiger partial charge in [0.15, 0.2) is 11.6 Å². The number of nitrogens with one attached hydrogen (secondary N) is 1. The molecule has 1 fully saturated rings. The molecule has 172 valence electrons. The largest absolute Gasteiger partial charge is 0.492 e. The van der Waals surface area contributed by atoms with E-state index in [9.17, 15) is 4.79 Å². The summed E-state index contributed by atoms with van der Waals surface area (Å²) in [5.41, 5.74) is 9.42. The smallest absolute Gasteiger partial charge is 0.189 e. The molecule has 1 aromatic carbocycles. The number of ketones is 1. The Bertz CT molecular complexity index is 1080. The number of likely N-dealkylation sites (N-methyl/N-ethyl adjacent to an activating group) is 1. The predicted molar refractivity (Wildman–Crippen MR) is 127 cm³/mol. The van der Waals surface area contributed by atoms with E-state index in [0.717, 1.165) is 42.2 Å². The molecule has 3 heterocycles. The lowest BCUT2D eigenvalue weighted by Crippen LogP contribution is -2.37. The standard InChI is InChI=1S/C24H28N6O3/c1-26-8-11-33-19-4-2-17(3-5-19)20-16-28-24(25)23(29-20)22(31)14-18-15-27-7-6-21(18)30-9-12-32-13-10-30/h2-7,15-16,26H,8-14H2,1H3,(H2,25,28). The van der Waals surface area contributed by atoms with Gasteiger partial charge in [-0.25, -0.2) is 9.97 Å². The van der Waals surface area contributed by atoms with Crippen molar-refractivity contribution in [1.82, 2.24) is 20.3 Å². The van der Waals surface area contributed by atoms with Gasteiger partial charge in [-0.2, -0.15) is 0 Å². The van der Waals surface area contributed by atoms with Crippen LogP contribution in [0.3, 0.4) is 0 Å². The van der Waals surface area contributed by atoms with Gasteiger partial charge in [0.05, 0.1) is 25.1 Å². The molecule has 0 saturated carbocycles. The molecule has 0 aliphatic carbocycles. The predicted octanol–water partition coefficient (Wildman–Crippen LogP) is 1.98. The number of ether oxygens (including phenoxy) is 2. The Morgan fingerprint density at radius 3 is 2.73 bits per heavy atom. The summed E-state index contributed by atoms with van der Waals surface area (Å²) < 4.78 is 11.1. The number of nitrogens with two attached hydrogens (primary N) is 1. The normalized spacial score (nSPS) is 13.7. The number of morpholine rings is 1. The second-order valence-corrected chi connectivity index (χ2v) is 7.67. The Kier molecular flexibility index (Phi) is 7.43. The zero-order valence-electron chi connectivity index (χ0n) is 18.7. The molecule has 1 aliphatic rings. The summed E-state index contributed by atoms with van der Waals surface area (Å²) in [4.78, 5) is 28.4. The maximum Gasteiger partial charge on any atom is 0.189 e. The lowest BCUT2D eigenvalue weighted by atomic mass is 10.1. The van der Waals surface area contributed by atoms with Crippen LogP contribution in [0, 0.1) is 0 Å². The number of hydrogen-bond donors (Lipinski definition) is 2. The summed E-state index contributed by atoms with van der Waals surface area (Å²) >= 11 is 0. The maximum atomic E-state index is 13.2. The molecule has 2 aromatic heterocycles. The van der Waals surface area contributed by atoms with Crippen LogP contribution in [0.25, 0.3) is 11.3 Å². The minimum absolute atomic E-state index is 0.118. The van der Waals surface area contributed by atoms with E-state index < -0.39 is 0 Å². The summed E-state index contributed by atoms with van der Waals surface area (Å²) in [6.45, 7) is 4.22. The molecule has 0 radical (unpaired) electrons. The molecule has 0 amide bonds. The van der Waals surface area contributed by atoms with Crippen LogP contribution in [0.4, 0.5) is 11.5 Å². The average molecular weight is 449 g/mol. The number of nitrogens with zero attached hydrogens (tertiary/aromatic N) is 4. The van der Waals surface area contributed by atoms with Crippen LogP contribution < -0.4 is 20.7 Å². The van der Waals surface area contributed by atoms with Crippen LogP contribution >= 0.6 is 0 Å². The van der Waals surface area contributed by atoms with Gasteiger partial charge >= 0.3 is 0 Å². The van der Waals surface area contributed by atoms with E-state index in [1.165, 1.54) is 0 Å². The number of Topliss-reactive ketones (excluding diaryl/α,β-unsaturated/α-hetero) is 1. The first kappa shape index (κ1) is 22.6. The Morgan fingerprint density at radius 2 is 1.97 bits per heavy atom. The molecule has 9 heteroatoms. The first-order valence-corrected chi connectivity index (χ1v) is 10.9. The highest BCUT2D eigenvalue weighted by Crippen LogP contribution is 2.25. The number of anilines is 2. The highest BCUT2D eigenvalue weighted by Gasteiger charge is 2.20. The van der Waals surface area contributed by atoms with E-state index in [-0.39, 0.29) is 23.7 Å². The number of carbonyl (C=O) groups excluding carboxylic acids is 1. The Balaban J connectivity index is 1.52. The van der Waals surface area contributed by atoms with E-state index in [0.29, 0.717) is 25.5 Å². The topological polar surface area (TPSA) is 115 Å². The second-order valence-electron chi connectivity index (χ2n) is 7.67. The number of carbonyl (C=O) groups is 1. The summed E-state index contributed by atoms with van der Waals surface area (Å²) in [5.74, 6) is 0.685. The summed E-state index contributed by atoms with van der Waals surface area (Å²) in [5, 5.41) is 3.04. The van der Waals surface area contributed by atoms with Crippen molar-refractivity contribution < 1.29 is 14.3 Å². The number of aromatic nitrogens is 3. The molecule has 4 rings (SSSR count). The second kappa shape index (κ2) is 10.8. The number of pyridine rings is 1. The third-order valence-corrected chi connectivity index (χ3v) is 5.42. The van der Waals surface area contributed by atoms with Crippen LogP contribution in [0.15, 0.2) is 48.9 Å². The van der Waals surface area contributed by atoms with Crippen molar-refractivity contribution in [2.24, 2.45) is 0 Å². The van der Waals surface area contributed by atoms with Gasteiger partial charge in [-0.3, -0.25) is 9.78 Å². The molecular weight excluding hydrogens is 420 g/mol. The van der Waals surface area contributed by atoms with Crippen molar-refractivity contribution in [2.45, 2.75) is 6.42 Å². The van der Waals surface area contributed by atoms with Crippen molar-refractivity contribution >= 4 is 17.3 Å². The summed E-state index contributed by atoms with van der Waals surface area (Å²) in [6.07, 6.45) is 5.18. The molecule has 9 nitrogen and oxygen atoms in total. The van der Waals surface area contributed by atoms with Crippen LogP contribution in [0.1, 0.15) is 16.1 Å². The maximum absolute atomic E-state index is 13.2. The van der Waals surface area contributed by atoms with Crippen molar-refractivity contribution in [3.8, 4) is 17.0 Å². The first-order valence-electron chi connectivity index (χ1n) is 10.9. The third-order valence-electron chi connectivity index (χ3n) is 5.42. The molecule has 1 aliphatic heterocycles. The third kappa shape index (κ3) is 5.63. The molecule has 33 heavy (non-hydrogen) atoms. The zero-order chi connectivity index (χ0) is 23.0. The number of nitrogen functional groups attached to an aromatic ring is 1. The van der Waals surface area contributed by atoms with Gasteiger partial charge in [0, 0.05) is 55.3 Å². The van der Waals surface area contributed by atoms with Crippen LogP contribution in [0.5, 0.6) is 5.75 Å². The quantitative estimate of drug-likeness (QED) is 0.374. The molecule has 0 spiro atoms. The average Bonchev–Trinajstić information content (AvgIpc) is 2.86. The summed E-state index contributed by atoms with van der Waals surface area (Å²) in [6, 6.07) is 9.45. The molecule has 0 unspecified atom stereocenters. The monoisotopic (exact) mass is 448 g/mol. The molecule has 3 N–H and O–H groups in total. The van der Waals surface area contributed by atoms with E-state index in [1.807, 2.05) is 37.4 Å². The van der Waals surface area contributed by atoms with Gasteiger partial charge in [0.2, 0.25) is 0 Å². The van der Waals surface area contributed by atoms with Crippen molar-refractivity contribution in [1.29, 1.82) is 0 Å². The van der Waals surface area contributed by atoms with Crippen molar-refractivity contribution in [3.63, 3.8) is 0 Å². The Morgan fingerprint density at radius 1 is 1.18 bits per heavy atom. The minimum atomic E-state index is -0.198. The van der Waals surface area contributed by atoms with Gasteiger partial charge in [-0.15, -0.1) is 0 Å². The lowest BCUT2D eigenvalue weighted by molar-refractivity contribution is 0.0988. The first-order chi connectivity index (χ1) is 16.2.